The van der Waals surface area contributed by atoms with Crippen molar-refractivity contribution in [3.05, 3.63) is 46.9 Å². The van der Waals surface area contributed by atoms with Crippen LogP contribution in [-0.4, -0.2) is 42.4 Å². The van der Waals surface area contributed by atoms with Gasteiger partial charge in [-0.2, -0.15) is 0 Å². The Morgan fingerprint density at radius 3 is 2.47 bits per heavy atom. The number of fused-ring (bicyclic) bond motifs is 1. The second-order valence-electron chi connectivity index (χ2n) is 9.42. The van der Waals surface area contributed by atoms with Crippen LogP contribution in [0.25, 0.3) is 10.8 Å². The topological polar surface area (TPSA) is 94.4 Å². The number of rotatable bonds is 9. The monoisotopic (exact) mass is 461 g/mol. The van der Waals surface area contributed by atoms with Crippen molar-refractivity contribution in [2.45, 2.75) is 57.0 Å². The first-order chi connectivity index (χ1) is 15.2. The van der Waals surface area contributed by atoms with Crippen molar-refractivity contribution < 1.29 is 24.1 Å². The van der Waals surface area contributed by atoms with Gasteiger partial charge in [0.25, 0.3) is 0 Å². The second kappa shape index (κ2) is 10.2. The highest BCUT2D eigenvalue weighted by atomic mass is 32.2. The molecule has 2 aromatic carbocycles. The first kappa shape index (κ1) is 24.5. The quantitative estimate of drug-likeness (QED) is 0.375. The van der Waals surface area contributed by atoms with Gasteiger partial charge >= 0.3 is 5.97 Å². The van der Waals surface area contributed by atoms with Crippen LogP contribution < -0.4 is 4.74 Å². The van der Waals surface area contributed by atoms with Gasteiger partial charge in [0.15, 0.2) is 6.29 Å². The van der Waals surface area contributed by atoms with Crippen molar-refractivity contribution in [1.29, 1.82) is 0 Å². The zero-order valence-electron chi connectivity index (χ0n) is 19.0. The molecule has 32 heavy (non-hydrogen) atoms. The number of ether oxygens (including phenoxy) is 3. The van der Waals surface area contributed by atoms with Crippen molar-refractivity contribution >= 4 is 28.7 Å². The molecule has 1 aliphatic rings. The van der Waals surface area contributed by atoms with Crippen molar-refractivity contribution in [2.75, 3.05) is 20.3 Å². The highest BCUT2D eigenvalue weighted by Crippen LogP contribution is 2.40. The summed E-state index contributed by atoms with van der Waals surface area (Å²) < 4.78 is 19.5. The number of carbonyl (C=O) groups is 1. The lowest BCUT2D eigenvalue weighted by Crippen LogP contribution is -2.48. The molecule has 0 saturated carbocycles. The van der Waals surface area contributed by atoms with Crippen LogP contribution in [0.3, 0.4) is 0 Å². The van der Waals surface area contributed by atoms with Gasteiger partial charge in [-0.05, 0) is 41.3 Å². The highest BCUT2D eigenvalue weighted by molar-refractivity contribution is 7.99. The number of methoxy groups -OCH3 is 1. The van der Waals surface area contributed by atoms with E-state index in [4.69, 9.17) is 14.2 Å². The van der Waals surface area contributed by atoms with E-state index in [-0.39, 0.29) is 11.7 Å². The van der Waals surface area contributed by atoms with Gasteiger partial charge in [0, 0.05) is 21.9 Å². The Hall–Kier alpha value is -2.16. The number of hydrogen-bond acceptors (Lipinski definition) is 7. The zero-order valence-corrected chi connectivity index (χ0v) is 19.8. The summed E-state index contributed by atoms with van der Waals surface area (Å²) in [6, 6.07) is 11.4. The standard InChI is InChI=1S/C24H31NO6S/c1-23(2,3)22-30-14-24(15-31-22,32-25-28)11-5-6-20(21(26)27)18-8-7-17-13-19(29-4)10-9-16(17)12-18/h7-10,12-13,20,22H,5-6,11,14-15H2,1-4H3,(H,26,27)/t20-,22?,24?/m0/s1. The molecule has 1 atom stereocenters. The Bertz CT molecular complexity index is 949. The van der Waals surface area contributed by atoms with E-state index in [1.807, 2.05) is 57.2 Å². The largest absolute Gasteiger partial charge is 0.497 e. The fourth-order valence-corrected chi connectivity index (χ4v) is 4.65. The number of nitroso groups, excluding NO2 is 1. The molecule has 0 spiro atoms. The lowest BCUT2D eigenvalue weighted by Gasteiger charge is -2.42. The molecule has 1 aliphatic heterocycles. The Morgan fingerprint density at radius 2 is 1.88 bits per heavy atom. The number of nitrogens with zero attached hydrogens (tertiary/aromatic N) is 1. The van der Waals surface area contributed by atoms with Gasteiger partial charge in [0.05, 0.1) is 31.0 Å². The predicted molar refractivity (Wildman–Crippen MR) is 126 cm³/mol. The van der Waals surface area contributed by atoms with Crippen LogP contribution in [0.1, 0.15) is 51.5 Å². The minimum Gasteiger partial charge on any atom is -0.497 e. The summed E-state index contributed by atoms with van der Waals surface area (Å²) in [5.41, 5.74) is 0.592. The minimum absolute atomic E-state index is 0.167. The molecule has 2 aromatic rings. The van der Waals surface area contributed by atoms with Gasteiger partial charge in [-0.25, -0.2) is 0 Å². The summed E-state index contributed by atoms with van der Waals surface area (Å²) >= 11 is 0.934. The first-order valence-corrected chi connectivity index (χ1v) is 11.5. The van der Waals surface area contributed by atoms with Crippen molar-refractivity contribution in [3.63, 3.8) is 0 Å². The van der Waals surface area contributed by atoms with E-state index in [0.717, 1.165) is 34.0 Å². The van der Waals surface area contributed by atoms with Crippen LogP contribution in [0.15, 0.2) is 41.0 Å². The molecule has 8 heteroatoms. The summed E-state index contributed by atoms with van der Waals surface area (Å²) in [5.74, 6) is -0.741. The molecule has 0 amide bonds. The minimum atomic E-state index is -0.864. The summed E-state index contributed by atoms with van der Waals surface area (Å²) in [5, 5.41) is 11.8. The molecule has 7 nitrogen and oxygen atoms in total. The fourth-order valence-electron chi connectivity index (χ4n) is 4.01. The lowest BCUT2D eigenvalue weighted by atomic mass is 9.89. The normalized spacial score (nSPS) is 22.4. The van der Waals surface area contributed by atoms with E-state index in [9.17, 15) is 14.8 Å². The van der Waals surface area contributed by atoms with Crippen LogP contribution >= 0.6 is 11.9 Å². The number of carboxylic acids is 1. The van der Waals surface area contributed by atoms with E-state index in [1.165, 1.54) is 0 Å². The summed E-state index contributed by atoms with van der Waals surface area (Å²) in [4.78, 5) is 23.1. The maximum absolute atomic E-state index is 12.0. The molecule has 3 rings (SSSR count). The molecule has 0 bridgehead atoms. The van der Waals surface area contributed by atoms with E-state index >= 15 is 0 Å². The Labute approximate surface area is 192 Å². The number of hydrogen-bond donors (Lipinski definition) is 1. The Balaban J connectivity index is 1.68. The third-order valence-corrected chi connectivity index (χ3v) is 6.73. The fraction of sp³-hybridized carbons (Fsp3) is 0.542. The molecule has 1 N–H and O–H groups in total. The first-order valence-electron chi connectivity index (χ1n) is 10.7. The van der Waals surface area contributed by atoms with Crippen molar-refractivity contribution in [1.82, 2.24) is 0 Å². The molecule has 1 saturated heterocycles. The third-order valence-electron chi connectivity index (χ3n) is 5.83. The molecule has 0 aliphatic carbocycles. The summed E-state index contributed by atoms with van der Waals surface area (Å²) in [6.07, 6.45) is 1.29. The second-order valence-corrected chi connectivity index (χ2v) is 10.6. The molecular weight excluding hydrogens is 430 g/mol. The predicted octanol–water partition coefficient (Wildman–Crippen LogP) is 5.76. The maximum Gasteiger partial charge on any atom is 0.310 e. The van der Waals surface area contributed by atoms with E-state index in [0.29, 0.717) is 32.5 Å². The maximum atomic E-state index is 12.0. The highest BCUT2D eigenvalue weighted by Gasteiger charge is 2.42. The smallest absolute Gasteiger partial charge is 0.310 e. The lowest BCUT2D eigenvalue weighted by molar-refractivity contribution is -0.235. The van der Waals surface area contributed by atoms with Gasteiger partial charge in [-0.15, -0.1) is 4.91 Å². The average Bonchev–Trinajstić information content (AvgIpc) is 2.75. The summed E-state index contributed by atoms with van der Waals surface area (Å²) in [7, 11) is 1.62. The zero-order chi connectivity index (χ0) is 23.4. The van der Waals surface area contributed by atoms with Crippen LogP contribution in [0, 0.1) is 10.3 Å². The van der Waals surface area contributed by atoms with Gasteiger partial charge in [-0.3, -0.25) is 4.79 Å². The van der Waals surface area contributed by atoms with E-state index in [1.54, 1.807) is 7.11 Å². The van der Waals surface area contributed by atoms with Crippen LogP contribution in [0.5, 0.6) is 5.75 Å². The number of benzene rings is 2. The van der Waals surface area contributed by atoms with Gasteiger partial charge < -0.3 is 19.3 Å². The molecule has 174 valence electrons. The van der Waals surface area contributed by atoms with Crippen molar-refractivity contribution in [2.24, 2.45) is 10.00 Å². The third kappa shape index (κ3) is 5.79. The number of aliphatic carboxylic acids is 1. The van der Waals surface area contributed by atoms with E-state index < -0.39 is 16.6 Å². The van der Waals surface area contributed by atoms with E-state index in [2.05, 4.69) is 4.58 Å². The van der Waals surface area contributed by atoms with Gasteiger partial charge in [0.1, 0.15) is 5.75 Å². The molecule has 1 fully saturated rings. The van der Waals surface area contributed by atoms with Crippen LogP contribution in [0.2, 0.25) is 0 Å². The average molecular weight is 462 g/mol. The molecule has 0 aromatic heterocycles. The van der Waals surface area contributed by atoms with Crippen molar-refractivity contribution in [3.8, 4) is 5.75 Å². The summed E-state index contributed by atoms with van der Waals surface area (Å²) in [6.45, 7) is 6.80. The molecule has 0 unspecified atom stereocenters. The molecular formula is C24H31NO6S. The van der Waals surface area contributed by atoms with Crippen LogP contribution in [-0.2, 0) is 14.3 Å². The van der Waals surface area contributed by atoms with Gasteiger partial charge in [0.2, 0.25) is 0 Å². The Kier molecular flexibility index (Phi) is 7.79. The number of carboxylic acid groups (broad SMARTS) is 1. The Morgan fingerprint density at radius 1 is 1.22 bits per heavy atom. The SMILES string of the molecule is COc1ccc2cc([C@H](CCCC3(SN=O)COC(C(C)(C)C)OC3)C(=O)O)ccc2c1. The molecule has 0 radical (unpaired) electrons. The van der Waals surface area contributed by atoms with Crippen LogP contribution in [0.4, 0.5) is 0 Å². The van der Waals surface area contributed by atoms with Gasteiger partial charge in [-0.1, -0.05) is 51.5 Å². The molecule has 1 heterocycles.